The Morgan fingerprint density at radius 2 is 1.56 bits per heavy atom. The SMILES string of the molecule is CC(C)(CCCCOc1ccccc1)C(=O)c1cccc(OCc2ccc3ccccc3n2)c1. The molecule has 3 aromatic carbocycles. The molecular weight excluding hydrogens is 422 g/mol. The summed E-state index contributed by atoms with van der Waals surface area (Å²) >= 11 is 0. The molecule has 0 aliphatic carbocycles. The second-order valence-electron chi connectivity index (χ2n) is 9.14. The van der Waals surface area contributed by atoms with Crippen LogP contribution in [0.5, 0.6) is 11.5 Å². The molecular formula is C30H31NO3. The smallest absolute Gasteiger partial charge is 0.168 e. The minimum Gasteiger partial charge on any atom is -0.494 e. The summed E-state index contributed by atoms with van der Waals surface area (Å²) in [5.41, 5.74) is 2.03. The van der Waals surface area contributed by atoms with Crippen LogP contribution in [0.4, 0.5) is 0 Å². The van der Waals surface area contributed by atoms with Crippen molar-refractivity contribution < 1.29 is 14.3 Å². The first-order valence-corrected chi connectivity index (χ1v) is 11.8. The highest BCUT2D eigenvalue weighted by molar-refractivity contribution is 6.00. The van der Waals surface area contributed by atoms with Crippen LogP contribution in [0.25, 0.3) is 10.9 Å². The lowest BCUT2D eigenvalue weighted by Gasteiger charge is -2.23. The van der Waals surface area contributed by atoms with E-state index in [0.29, 0.717) is 24.5 Å². The normalized spacial score (nSPS) is 11.4. The molecule has 0 atom stereocenters. The largest absolute Gasteiger partial charge is 0.494 e. The number of ether oxygens (including phenoxy) is 2. The zero-order valence-corrected chi connectivity index (χ0v) is 19.9. The standard InChI is InChI=1S/C30H31NO3/c1-30(2,19-8-9-20-33-26-13-4-3-5-14-26)29(32)24-12-10-15-27(21-24)34-22-25-18-17-23-11-6-7-16-28(23)31-25/h3-7,10-18,21H,8-9,19-20,22H2,1-2H3. The lowest BCUT2D eigenvalue weighted by atomic mass is 9.80. The first-order valence-electron chi connectivity index (χ1n) is 11.8. The molecule has 0 saturated carbocycles. The molecule has 0 N–H and O–H groups in total. The quantitative estimate of drug-likeness (QED) is 0.177. The van der Waals surface area contributed by atoms with Crippen molar-refractivity contribution in [3.05, 3.63) is 102 Å². The zero-order chi connectivity index (χ0) is 23.8. The Balaban J connectivity index is 1.29. The highest BCUT2D eigenvalue weighted by Crippen LogP contribution is 2.30. The molecule has 0 aliphatic rings. The van der Waals surface area contributed by atoms with E-state index in [9.17, 15) is 4.79 Å². The minimum absolute atomic E-state index is 0.130. The van der Waals surface area contributed by atoms with E-state index < -0.39 is 5.41 Å². The van der Waals surface area contributed by atoms with Crippen molar-refractivity contribution in [2.45, 2.75) is 39.7 Å². The van der Waals surface area contributed by atoms with Gasteiger partial charge in [0.2, 0.25) is 0 Å². The van der Waals surface area contributed by atoms with E-state index in [1.165, 1.54) is 0 Å². The third-order valence-corrected chi connectivity index (χ3v) is 5.96. The number of carbonyl (C=O) groups is 1. The van der Waals surface area contributed by atoms with Gasteiger partial charge < -0.3 is 9.47 Å². The third-order valence-electron chi connectivity index (χ3n) is 5.96. The van der Waals surface area contributed by atoms with Gasteiger partial charge in [-0.05, 0) is 55.7 Å². The number of unbranched alkanes of at least 4 members (excludes halogenated alkanes) is 1. The molecule has 0 saturated heterocycles. The maximum atomic E-state index is 13.2. The first kappa shape index (κ1) is 23.5. The molecule has 4 heteroatoms. The Morgan fingerprint density at radius 3 is 2.41 bits per heavy atom. The van der Waals surface area contributed by atoms with Crippen molar-refractivity contribution in [2.24, 2.45) is 5.41 Å². The van der Waals surface area contributed by atoms with Crippen molar-refractivity contribution in [2.75, 3.05) is 6.61 Å². The van der Waals surface area contributed by atoms with Crippen LogP contribution in [-0.4, -0.2) is 17.4 Å². The highest BCUT2D eigenvalue weighted by Gasteiger charge is 2.28. The topological polar surface area (TPSA) is 48.4 Å². The van der Waals surface area contributed by atoms with Gasteiger partial charge in [0.25, 0.3) is 0 Å². The van der Waals surface area contributed by atoms with E-state index >= 15 is 0 Å². The molecule has 0 spiro atoms. The van der Waals surface area contributed by atoms with Crippen LogP contribution in [0.3, 0.4) is 0 Å². The monoisotopic (exact) mass is 453 g/mol. The summed E-state index contributed by atoms with van der Waals surface area (Å²) in [6, 6.07) is 29.3. The number of ketones is 1. The van der Waals surface area contributed by atoms with Crippen molar-refractivity contribution in [1.82, 2.24) is 4.98 Å². The Hall–Kier alpha value is -3.66. The summed E-state index contributed by atoms with van der Waals surface area (Å²) < 4.78 is 11.7. The number of rotatable bonds is 11. The predicted molar refractivity (Wildman–Crippen MR) is 136 cm³/mol. The van der Waals surface area contributed by atoms with Crippen molar-refractivity contribution in [3.8, 4) is 11.5 Å². The maximum absolute atomic E-state index is 13.2. The average molecular weight is 454 g/mol. The summed E-state index contributed by atoms with van der Waals surface area (Å²) in [6.07, 6.45) is 2.64. The molecule has 4 nitrogen and oxygen atoms in total. The van der Waals surface area contributed by atoms with E-state index in [1.807, 2.05) is 105 Å². The third kappa shape index (κ3) is 6.22. The lowest BCUT2D eigenvalue weighted by molar-refractivity contribution is 0.0820. The molecule has 0 radical (unpaired) electrons. The highest BCUT2D eigenvalue weighted by atomic mass is 16.5. The van der Waals surface area contributed by atoms with Gasteiger partial charge >= 0.3 is 0 Å². The molecule has 0 bridgehead atoms. The van der Waals surface area contributed by atoms with Crippen molar-refractivity contribution in [3.63, 3.8) is 0 Å². The fourth-order valence-electron chi connectivity index (χ4n) is 3.95. The van der Waals surface area contributed by atoms with Gasteiger partial charge in [-0.3, -0.25) is 4.79 Å². The predicted octanol–water partition coefficient (Wildman–Crippen LogP) is 7.27. The minimum atomic E-state index is -0.453. The van der Waals surface area contributed by atoms with Crippen molar-refractivity contribution >= 4 is 16.7 Å². The van der Waals surface area contributed by atoms with Gasteiger partial charge in [0, 0.05) is 16.4 Å². The summed E-state index contributed by atoms with van der Waals surface area (Å²) in [5.74, 6) is 1.69. The number of Topliss-reactive ketones (excluding diaryl/α,β-unsaturated/α-hetero) is 1. The Morgan fingerprint density at radius 1 is 0.794 bits per heavy atom. The molecule has 34 heavy (non-hydrogen) atoms. The van der Waals surface area contributed by atoms with E-state index in [2.05, 4.69) is 4.98 Å². The summed E-state index contributed by atoms with van der Waals surface area (Å²) in [7, 11) is 0. The first-order chi connectivity index (χ1) is 16.5. The molecule has 0 unspecified atom stereocenters. The number of fused-ring (bicyclic) bond motifs is 1. The van der Waals surface area contributed by atoms with Gasteiger partial charge in [-0.25, -0.2) is 4.98 Å². The van der Waals surface area contributed by atoms with Gasteiger partial charge in [0.05, 0.1) is 17.8 Å². The molecule has 1 heterocycles. The second kappa shape index (κ2) is 11.0. The van der Waals surface area contributed by atoms with E-state index in [0.717, 1.165) is 41.6 Å². The van der Waals surface area contributed by atoms with Crippen LogP contribution in [-0.2, 0) is 6.61 Å². The van der Waals surface area contributed by atoms with E-state index in [-0.39, 0.29) is 5.78 Å². The number of hydrogen-bond acceptors (Lipinski definition) is 4. The fraction of sp³-hybridized carbons (Fsp3) is 0.267. The Labute approximate surface area is 201 Å². The van der Waals surface area contributed by atoms with Crippen LogP contribution in [0, 0.1) is 5.41 Å². The summed E-state index contributed by atoms with van der Waals surface area (Å²) in [6.45, 7) is 5.04. The number of nitrogens with zero attached hydrogens (tertiary/aromatic N) is 1. The molecule has 0 aliphatic heterocycles. The average Bonchev–Trinajstić information content (AvgIpc) is 2.87. The number of hydrogen-bond donors (Lipinski definition) is 0. The number of carbonyl (C=O) groups excluding carboxylic acids is 1. The van der Waals surface area contributed by atoms with Gasteiger partial charge in [0.1, 0.15) is 18.1 Å². The number of pyridine rings is 1. The van der Waals surface area contributed by atoms with E-state index in [1.54, 1.807) is 0 Å². The number of aromatic nitrogens is 1. The Kier molecular flexibility index (Phi) is 7.58. The fourth-order valence-corrected chi connectivity index (χ4v) is 3.95. The van der Waals surface area contributed by atoms with E-state index in [4.69, 9.17) is 9.47 Å². The lowest BCUT2D eigenvalue weighted by Crippen LogP contribution is -2.24. The van der Waals surface area contributed by atoms with Crippen LogP contribution in [0.1, 0.15) is 49.2 Å². The number of para-hydroxylation sites is 2. The van der Waals surface area contributed by atoms with Crippen molar-refractivity contribution in [1.29, 1.82) is 0 Å². The van der Waals surface area contributed by atoms with Crippen LogP contribution in [0.15, 0.2) is 91.0 Å². The van der Waals surface area contributed by atoms with Gasteiger partial charge in [-0.1, -0.05) is 68.4 Å². The van der Waals surface area contributed by atoms with Crippen LogP contribution >= 0.6 is 0 Å². The van der Waals surface area contributed by atoms with Crippen LogP contribution in [0.2, 0.25) is 0 Å². The second-order valence-corrected chi connectivity index (χ2v) is 9.14. The number of benzene rings is 3. The Bertz CT molecular complexity index is 1230. The molecule has 174 valence electrons. The molecule has 1 aromatic heterocycles. The molecule has 0 amide bonds. The maximum Gasteiger partial charge on any atom is 0.168 e. The molecule has 0 fully saturated rings. The molecule has 4 rings (SSSR count). The zero-order valence-electron chi connectivity index (χ0n) is 19.9. The summed E-state index contributed by atoms with van der Waals surface area (Å²) in [4.78, 5) is 17.9. The summed E-state index contributed by atoms with van der Waals surface area (Å²) in [5, 5.41) is 1.10. The van der Waals surface area contributed by atoms with Gasteiger partial charge in [-0.15, -0.1) is 0 Å². The molecule has 4 aromatic rings. The van der Waals surface area contributed by atoms with Gasteiger partial charge in [0.15, 0.2) is 5.78 Å². The van der Waals surface area contributed by atoms with Crippen LogP contribution < -0.4 is 9.47 Å². The van der Waals surface area contributed by atoms with Gasteiger partial charge in [-0.2, -0.15) is 0 Å².